The van der Waals surface area contributed by atoms with Crippen molar-refractivity contribution in [3.63, 3.8) is 0 Å². The molecule has 0 spiro atoms. The molecule has 5 rings (SSSR count). The average Bonchev–Trinajstić information content (AvgIpc) is 3.28. The monoisotopic (exact) mass is 538 g/mol. The van der Waals surface area contributed by atoms with Crippen LogP contribution in [0.5, 0.6) is 0 Å². The molecule has 0 aliphatic heterocycles. The highest BCUT2D eigenvalue weighted by Gasteiger charge is 2.29. The predicted octanol–water partition coefficient (Wildman–Crippen LogP) is 4.78. The topological polar surface area (TPSA) is 13.1 Å². The van der Waals surface area contributed by atoms with E-state index in [9.17, 15) is 0 Å². The molecule has 5 aromatic rings. The number of furan rings is 1. The summed E-state index contributed by atoms with van der Waals surface area (Å²) >= 11 is 0. The van der Waals surface area contributed by atoms with Crippen molar-refractivity contribution in [2.45, 2.75) is 78.6 Å². The maximum Gasteiger partial charge on any atom is 0.136 e. The van der Waals surface area contributed by atoms with Crippen molar-refractivity contribution < 1.29 is 4.42 Å². The smallest absolute Gasteiger partial charge is 0.136 e. The van der Waals surface area contributed by atoms with E-state index in [0.29, 0.717) is 16.5 Å². The lowest BCUT2D eigenvalue weighted by molar-refractivity contribution is 0.568. The van der Waals surface area contributed by atoms with Gasteiger partial charge >= 0.3 is 0 Å². The van der Waals surface area contributed by atoms with Gasteiger partial charge in [0.05, 0.1) is 0 Å². The highest BCUT2D eigenvalue weighted by molar-refractivity contribution is 6.68. The van der Waals surface area contributed by atoms with Crippen LogP contribution >= 0.6 is 0 Å². The SMILES string of the molecule is [B]c1c([B])c([B])c(-c2cccc3oc4ccc(-c5cc(C(C)(C)C)cc(C(C)(C)C)c5)c(C(C)(C)C)c4c23)c([B])c1[B]. The molecule has 200 valence electrons. The Kier molecular flexibility index (Phi) is 7.28. The maximum absolute atomic E-state index is 6.58. The van der Waals surface area contributed by atoms with Gasteiger partial charge in [-0.2, -0.15) is 0 Å². The normalized spacial score (nSPS) is 12.9. The minimum Gasteiger partial charge on any atom is -0.456 e. The van der Waals surface area contributed by atoms with Gasteiger partial charge in [-0.15, -0.1) is 16.4 Å². The summed E-state index contributed by atoms with van der Waals surface area (Å²) in [6.07, 6.45) is 0. The van der Waals surface area contributed by atoms with E-state index in [-0.39, 0.29) is 32.6 Å². The van der Waals surface area contributed by atoms with Crippen LogP contribution in [0.15, 0.2) is 52.9 Å². The van der Waals surface area contributed by atoms with Crippen LogP contribution in [0.25, 0.3) is 44.2 Å². The molecule has 0 amide bonds. The Morgan fingerprint density at radius 3 is 1.50 bits per heavy atom. The number of fused-ring (bicyclic) bond motifs is 3. The molecule has 1 aromatic heterocycles. The van der Waals surface area contributed by atoms with Gasteiger partial charge in [0, 0.05) is 10.8 Å². The lowest BCUT2D eigenvalue weighted by Gasteiger charge is -2.29. The van der Waals surface area contributed by atoms with Crippen molar-refractivity contribution in [1.82, 2.24) is 0 Å². The van der Waals surface area contributed by atoms with Crippen LogP contribution in [-0.4, -0.2) is 39.2 Å². The summed E-state index contributed by atoms with van der Waals surface area (Å²) in [6, 6.07) is 17.2. The Balaban J connectivity index is 1.97. The third-order valence-corrected chi connectivity index (χ3v) is 8.36. The average molecular weight is 538 g/mol. The molecular weight excluding hydrogens is 502 g/mol. The fourth-order valence-corrected chi connectivity index (χ4v) is 5.93. The maximum atomic E-state index is 6.58. The molecule has 0 saturated heterocycles. The second-order valence-corrected chi connectivity index (χ2v) is 14.6. The Morgan fingerprint density at radius 2 is 1.00 bits per heavy atom. The zero-order chi connectivity index (χ0) is 31.1. The summed E-state index contributed by atoms with van der Waals surface area (Å²) in [5, 5.41) is 1.95. The van der Waals surface area contributed by atoms with E-state index in [1.54, 1.807) is 0 Å². The highest BCUT2D eigenvalue weighted by Crippen LogP contribution is 2.46. The zero-order valence-corrected chi connectivity index (χ0v) is 26.4. The van der Waals surface area contributed by atoms with Gasteiger partial charge < -0.3 is 4.42 Å². The quantitative estimate of drug-likeness (QED) is 0.296. The molecule has 0 aliphatic rings. The zero-order valence-electron chi connectivity index (χ0n) is 26.4. The molecule has 42 heavy (non-hydrogen) atoms. The molecule has 0 bridgehead atoms. The van der Waals surface area contributed by atoms with Crippen LogP contribution in [0.2, 0.25) is 0 Å². The molecule has 0 saturated carbocycles. The van der Waals surface area contributed by atoms with E-state index in [2.05, 4.69) is 92.6 Å². The Bertz CT molecular complexity index is 1810. The van der Waals surface area contributed by atoms with Crippen molar-refractivity contribution in [3.05, 3.63) is 65.2 Å². The second kappa shape index (κ2) is 10.0. The van der Waals surface area contributed by atoms with Crippen molar-refractivity contribution in [2.24, 2.45) is 0 Å². The molecule has 6 heteroatoms. The summed E-state index contributed by atoms with van der Waals surface area (Å²) in [5.41, 5.74) is 10.1. The van der Waals surface area contributed by atoms with Gasteiger partial charge in [-0.3, -0.25) is 0 Å². The fourth-order valence-electron chi connectivity index (χ4n) is 5.93. The number of rotatable bonds is 2. The van der Waals surface area contributed by atoms with Crippen molar-refractivity contribution in [2.75, 3.05) is 0 Å². The first-order chi connectivity index (χ1) is 19.3. The van der Waals surface area contributed by atoms with Crippen molar-refractivity contribution in [3.8, 4) is 22.3 Å². The standard InChI is InChI=1S/C36H35B5O/c1-34(2,3)19-15-18(16-20(17-19)35(4,5)6)21-13-14-24-27(28(21)36(7,8)9)25-22(11-10-12-23(25)42-24)26-29(37)31(39)33(41)32(40)30(26)38/h10-17H,1-9H3. The Hall–Kier alpha value is -3.00. The largest absolute Gasteiger partial charge is 0.456 e. The lowest BCUT2D eigenvalue weighted by Crippen LogP contribution is -2.55. The van der Waals surface area contributed by atoms with Gasteiger partial charge in [0.1, 0.15) is 50.4 Å². The van der Waals surface area contributed by atoms with Crippen LogP contribution in [0.1, 0.15) is 79.0 Å². The van der Waals surface area contributed by atoms with Crippen LogP contribution in [-0.2, 0) is 16.2 Å². The first-order valence-electron chi connectivity index (χ1n) is 14.5. The molecule has 1 heterocycles. The minimum atomic E-state index is -0.241. The summed E-state index contributed by atoms with van der Waals surface area (Å²) in [5.74, 6) is 0. The summed E-state index contributed by atoms with van der Waals surface area (Å²) in [4.78, 5) is 0. The fraction of sp³-hybridized carbons (Fsp3) is 0.333. The first-order valence-corrected chi connectivity index (χ1v) is 14.5. The van der Waals surface area contributed by atoms with Crippen LogP contribution in [0.4, 0.5) is 0 Å². The molecule has 0 atom stereocenters. The van der Waals surface area contributed by atoms with Crippen LogP contribution < -0.4 is 27.3 Å². The first kappa shape index (κ1) is 30.5. The number of benzene rings is 4. The van der Waals surface area contributed by atoms with Crippen molar-refractivity contribution in [1.29, 1.82) is 0 Å². The number of hydrogen-bond donors (Lipinski definition) is 0. The van der Waals surface area contributed by atoms with Gasteiger partial charge in [0.2, 0.25) is 0 Å². The number of hydrogen-bond acceptors (Lipinski definition) is 1. The molecule has 0 N–H and O–H groups in total. The molecule has 10 radical (unpaired) electrons. The molecule has 0 aliphatic carbocycles. The second-order valence-electron chi connectivity index (χ2n) is 14.6. The van der Waals surface area contributed by atoms with Gasteiger partial charge in [-0.25, -0.2) is 0 Å². The van der Waals surface area contributed by atoms with E-state index < -0.39 is 0 Å². The van der Waals surface area contributed by atoms with E-state index in [0.717, 1.165) is 27.5 Å². The molecule has 1 nitrogen and oxygen atoms in total. The third-order valence-electron chi connectivity index (χ3n) is 8.36. The van der Waals surface area contributed by atoms with Crippen LogP contribution in [0.3, 0.4) is 0 Å². The Labute approximate surface area is 258 Å². The van der Waals surface area contributed by atoms with Gasteiger partial charge in [-0.1, -0.05) is 110 Å². The predicted molar refractivity (Wildman–Crippen MR) is 188 cm³/mol. The van der Waals surface area contributed by atoms with E-state index in [1.165, 1.54) is 27.8 Å². The third kappa shape index (κ3) is 4.99. The molecule has 4 aromatic carbocycles. The van der Waals surface area contributed by atoms with Crippen molar-refractivity contribution >= 4 is 88.5 Å². The van der Waals surface area contributed by atoms with Gasteiger partial charge in [0.15, 0.2) is 0 Å². The summed E-state index contributed by atoms with van der Waals surface area (Å²) in [7, 11) is 31.9. The Morgan fingerprint density at radius 1 is 0.500 bits per heavy atom. The lowest BCUT2D eigenvalue weighted by atomic mass is 9.59. The van der Waals surface area contributed by atoms with E-state index >= 15 is 0 Å². The highest BCUT2D eigenvalue weighted by atomic mass is 16.3. The minimum absolute atomic E-state index is 0.0123. The summed E-state index contributed by atoms with van der Waals surface area (Å²) in [6.45, 7) is 20.3. The van der Waals surface area contributed by atoms with Gasteiger partial charge in [-0.05, 0) is 67.3 Å². The van der Waals surface area contributed by atoms with E-state index in [1.807, 2.05) is 18.2 Å². The summed E-state index contributed by atoms with van der Waals surface area (Å²) < 4.78 is 6.49. The molecule has 0 unspecified atom stereocenters. The van der Waals surface area contributed by atoms with E-state index in [4.69, 9.17) is 43.6 Å². The molecular formula is C36H35B5O. The van der Waals surface area contributed by atoms with Gasteiger partial charge in [0.25, 0.3) is 0 Å². The molecule has 0 fully saturated rings. The van der Waals surface area contributed by atoms with Crippen LogP contribution in [0, 0.1) is 0 Å².